The van der Waals surface area contributed by atoms with E-state index in [4.69, 9.17) is 29.0 Å². The lowest BCUT2D eigenvalue weighted by molar-refractivity contribution is -0.193. The molecular weight excluding hydrogens is 466 g/mol. The van der Waals surface area contributed by atoms with Crippen LogP contribution < -0.4 is 0 Å². The van der Waals surface area contributed by atoms with E-state index >= 15 is 0 Å². The van der Waals surface area contributed by atoms with Crippen LogP contribution in [0.5, 0.6) is 0 Å². The maximum atomic E-state index is 10.6. The minimum Gasteiger partial charge on any atom is -0.475 e. The first-order chi connectivity index (χ1) is 15.1. The fraction of sp³-hybridized carbons (Fsp3) is 0.684. The van der Waals surface area contributed by atoms with Crippen molar-refractivity contribution in [3.63, 3.8) is 0 Å². The molecule has 0 radical (unpaired) electrons. The molecule has 2 atom stereocenters. The van der Waals surface area contributed by atoms with Crippen LogP contribution in [0.25, 0.3) is 0 Å². The van der Waals surface area contributed by atoms with Crippen molar-refractivity contribution in [3.8, 4) is 0 Å². The molecule has 2 fully saturated rings. The zero-order chi connectivity index (χ0) is 25.4. The molecule has 1 aromatic heterocycles. The van der Waals surface area contributed by atoms with Crippen molar-refractivity contribution in [3.05, 3.63) is 24.2 Å². The lowest BCUT2D eigenvalue weighted by Gasteiger charge is -2.40. The predicted octanol–water partition coefficient (Wildman–Crippen LogP) is 3.23. The fourth-order valence-electron chi connectivity index (χ4n) is 3.41. The van der Waals surface area contributed by atoms with Gasteiger partial charge in [0.2, 0.25) is 0 Å². The molecule has 0 amide bonds. The summed E-state index contributed by atoms with van der Waals surface area (Å²) in [5, 5.41) is 14.2. The highest BCUT2D eigenvalue weighted by atomic mass is 19.4. The number of carboxylic acid groups (broad SMARTS) is 2. The molecule has 2 N–H and O–H groups in total. The van der Waals surface area contributed by atoms with Crippen molar-refractivity contribution in [1.82, 2.24) is 9.80 Å². The van der Waals surface area contributed by atoms with Crippen LogP contribution in [-0.4, -0.2) is 89.7 Å². The van der Waals surface area contributed by atoms with Crippen LogP contribution in [0.15, 0.2) is 22.8 Å². The average molecular weight is 492 g/mol. The summed E-state index contributed by atoms with van der Waals surface area (Å²) in [5.41, 5.74) is 0.0831. The van der Waals surface area contributed by atoms with Gasteiger partial charge in [-0.25, -0.2) is 9.59 Å². The number of carbonyl (C=O) groups is 2. The van der Waals surface area contributed by atoms with Gasteiger partial charge in [0.25, 0.3) is 0 Å². The lowest BCUT2D eigenvalue weighted by Crippen LogP contribution is -2.48. The molecule has 0 aliphatic carbocycles. The Morgan fingerprint density at radius 2 is 1.70 bits per heavy atom. The third-order valence-corrected chi connectivity index (χ3v) is 5.04. The van der Waals surface area contributed by atoms with Gasteiger partial charge in [0.15, 0.2) is 0 Å². The quantitative estimate of drug-likeness (QED) is 0.620. The van der Waals surface area contributed by atoms with E-state index in [-0.39, 0.29) is 5.60 Å². The van der Waals surface area contributed by atoms with Crippen molar-refractivity contribution in [2.75, 3.05) is 33.8 Å². The molecule has 0 unspecified atom stereocenters. The first kappa shape index (κ1) is 28.7. The Kier molecular flexibility index (Phi) is 10.2. The van der Waals surface area contributed by atoms with Gasteiger partial charge >= 0.3 is 24.3 Å². The third-order valence-electron chi connectivity index (χ3n) is 5.04. The van der Waals surface area contributed by atoms with E-state index in [0.717, 1.165) is 51.3 Å². The van der Waals surface area contributed by atoms with Crippen LogP contribution in [0.4, 0.5) is 26.3 Å². The molecule has 190 valence electrons. The van der Waals surface area contributed by atoms with Crippen LogP contribution in [0.3, 0.4) is 0 Å². The van der Waals surface area contributed by atoms with Gasteiger partial charge in [-0.2, -0.15) is 26.3 Å². The zero-order valence-corrected chi connectivity index (χ0v) is 17.9. The number of halogens is 6. The second kappa shape index (κ2) is 11.7. The Morgan fingerprint density at radius 3 is 2.12 bits per heavy atom. The summed E-state index contributed by atoms with van der Waals surface area (Å²) in [4.78, 5) is 22.6. The Labute approximate surface area is 185 Å². The van der Waals surface area contributed by atoms with Crippen molar-refractivity contribution >= 4 is 11.9 Å². The molecule has 2 saturated heterocycles. The Morgan fingerprint density at radius 1 is 1.15 bits per heavy atom. The Bertz CT molecular complexity index is 729. The van der Waals surface area contributed by atoms with Crippen molar-refractivity contribution in [2.24, 2.45) is 0 Å². The predicted molar refractivity (Wildman–Crippen MR) is 101 cm³/mol. The summed E-state index contributed by atoms with van der Waals surface area (Å²) in [6.45, 7) is 3.96. The number of rotatable bonds is 3. The molecule has 0 saturated carbocycles. The highest BCUT2D eigenvalue weighted by Gasteiger charge is 2.43. The van der Waals surface area contributed by atoms with Crippen molar-refractivity contribution < 1.29 is 55.3 Å². The summed E-state index contributed by atoms with van der Waals surface area (Å²) in [6.07, 6.45) is -4.94. The topological polar surface area (TPSA) is 103 Å². The lowest BCUT2D eigenvalue weighted by atomic mass is 9.89. The molecule has 0 aromatic carbocycles. The number of hydrogen-bond acceptors (Lipinski definition) is 6. The maximum absolute atomic E-state index is 10.6. The summed E-state index contributed by atoms with van der Waals surface area (Å²) in [5.74, 6) is -4.46. The zero-order valence-electron chi connectivity index (χ0n) is 17.9. The minimum atomic E-state index is -5.08. The van der Waals surface area contributed by atoms with E-state index in [0.29, 0.717) is 6.04 Å². The van der Waals surface area contributed by atoms with Crippen LogP contribution in [0.2, 0.25) is 0 Å². The molecule has 1 aromatic rings. The fourth-order valence-corrected chi connectivity index (χ4v) is 3.41. The summed E-state index contributed by atoms with van der Waals surface area (Å²) < 4.78 is 75.1. The van der Waals surface area contributed by atoms with Crippen molar-refractivity contribution in [1.29, 1.82) is 0 Å². The van der Waals surface area contributed by atoms with E-state index < -0.39 is 24.3 Å². The number of ether oxygens (including phenoxy) is 1. The summed E-state index contributed by atoms with van der Waals surface area (Å²) >= 11 is 0. The van der Waals surface area contributed by atoms with E-state index in [2.05, 4.69) is 30.0 Å². The molecule has 3 heterocycles. The number of carboxylic acids is 2. The molecule has 2 aliphatic rings. The molecule has 8 nitrogen and oxygen atoms in total. The van der Waals surface area contributed by atoms with E-state index in [1.165, 1.54) is 0 Å². The van der Waals surface area contributed by atoms with Gasteiger partial charge in [-0.1, -0.05) is 0 Å². The molecule has 33 heavy (non-hydrogen) atoms. The first-order valence-electron chi connectivity index (χ1n) is 9.71. The Balaban J connectivity index is 0.000000324. The Hall–Kier alpha value is -2.32. The van der Waals surface area contributed by atoms with E-state index in [1.807, 2.05) is 6.07 Å². The maximum Gasteiger partial charge on any atom is 0.490 e. The molecule has 0 bridgehead atoms. The van der Waals surface area contributed by atoms with Gasteiger partial charge in [0, 0.05) is 25.7 Å². The normalized spacial score (nSPS) is 23.5. The highest BCUT2D eigenvalue weighted by molar-refractivity contribution is 5.73. The number of likely N-dealkylation sites (tertiary alicyclic amines) is 1. The first-order valence-corrected chi connectivity index (χ1v) is 9.71. The van der Waals surface area contributed by atoms with Gasteiger partial charge in [0.1, 0.15) is 5.76 Å². The van der Waals surface area contributed by atoms with E-state index in [9.17, 15) is 26.3 Å². The second-order valence-corrected chi connectivity index (χ2v) is 7.79. The SMILES string of the molecule is CN(C)[C@@H]1CCO[C@]2(CCN(Cc3ccco3)C2)C1.O=C(O)C(F)(F)F.O=C(O)C(F)(F)F. The smallest absolute Gasteiger partial charge is 0.475 e. The van der Waals surface area contributed by atoms with Gasteiger partial charge in [-0.15, -0.1) is 0 Å². The molecule has 14 heteroatoms. The third kappa shape index (κ3) is 10.0. The van der Waals surface area contributed by atoms with Gasteiger partial charge in [-0.3, -0.25) is 4.90 Å². The molecule has 2 aliphatic heterocycles. The number of hydrogen-bond donors (Lipinski definition) is 2. The number of alkyl halides is 6. The molecule has 1 spiro atoms. The monoisotopic (exact) mass is 492 g/mol. The number of furan rings is 1. The average Bonchev–Trinajstić information content (AvgIpc) is 3.32. The summed E-state index contributed by atoms with van der Waals surface area (Å²) in [6, 6.07) is 4.67. The molecular formula is C19H26F6N2O6. The van der Waals surface area contributed by atoms with Gasteiger partial charge in [0.05, 0.1) is 18.4 Å². The van der Waals surface area contributed by atoms with Gasteiger partial charge in [-0.05, 0) is 45.5 Å². The minimum absolute atomic E-state index is 0.0831. The van der Waals surface area contributed by atoms with E-state index in [1.54, 1.807) is 6.26 Å². The van der Waals surface area contributed by atoms with Crippen molar-refractivity contribution in [2.45, 2.75) is 49.8 Å². The number of nitrogens with zero attached hydrogens (tertiary/aromatic N) is 2. The van der Waals surface area contributed by atoms with Crippen LogP contribution in [0.1, 0.15) is 25.0 Å². The highest BCUT2D eigenvalue weighted by Crippen LogP contribution is 2.36. The largest absolute Gasteiger partial charge is 0.490 e. The second-order valence-electron chi connectivity index (χ2n) is 7.79. The van der Waals surface area contributed by atoms with Crippen LogP contribution in [0, 0.1) is 0 Å². The van der Waals surface area contributed by atoms with Crippen LogP contribution >= 0.6 is 0 Å². The number of aliphatic carboxylic acids is 2. The molecule has 3 rings (SSSR count). The van der Waals surface area contributed by atoms with Gasteiger partial charge < -0.3 is 24.3 Å². The standard InChI is InChI=1S/C15H24N2O2.2C2HF3O2/c1-16(2)13-5-9-19-15(10-13)6-7-17(12-15)11-14-4-3-8-18-14;2*3-2(4,5)1(6)7/h3-4,8,13H,5-7,9-12H2,1-2H3;2*(H,6,7)/t13-,15-;;/m1../s1. The summed E-state index contributed by atoms with van der Waals surface area (Å²) in [7, 11) is 4.36. The van der Waals surface area contributed by atoms with Crippen LogP contribution in [-0.2, 0) is 20.9 Å².